The monoisotopic (exact) mass is 492 g/mol. The van der Waals surface area contributed by atoms with Gasteiger partial charge in [-0.15, -0.1) is 0 Å². The topological polar surface area (TPSA) is 71.5 Å². The van der Waals surface area contributed by atoms with Gasteiger partial charge in [0.1, 0.15) is 0 Å². The van der Waals surface area contributed by atoms with Crippen LogP contribution in [0.4, 0.5) is 0 Å². The molecule has 2 N–H and O–H groups in total. The zero-order valence-electron chi connectivity index (χ0n) is 12.4. The summed E-state index contributed by atoms with van der Waals surface area (Å²) in [4.78, 5) is 15.6. The summed E-state index contributed by atoms with van der Waals surface area (Å²) in [5.74, 6) is 1.76. The van der Waals surface area contributed by atoms with E-state index < -0.39 is 0 Å². The van der Waals surface area contributed by atoms with Gasteiger partial charge < -0.3 is 15.3 Å². The summed E-state index contributed by atoms with van der Waals surface area (Å²) in [5.41, 5.74) is 4.05. The third kappa shape index (κ3) is 4.45. The molecule has 4 aromatic rings. The quantitative estimate of drug-likeness (QED) is 0.383. The molecule has 0 aliphatic carbocycles. The van der Waals surface area contributed by atoms with Crippen LogP contribution in [0.3, 0.4) is 0 Å². The zero-order valence-corrected chi connectivity index (χ0v) is 16.6. The predicted molar refractivity (Wildman–Crippen MR) is 101 cm³/mol. The summed E-state index contributed by atoms with van der Waals surface area (Å²) in [5, 5.41) is 4.51. The Labute approximate surface area is 159 Å². The van der Waals surface area contributed by atoms with E-state index in [1.165, 1.54) is 10.9 Å². The second-order valence-corrected chi connectivity index (χ2v) is 9.97. The van der Waals surface area contributed by atoms with E-state index in [0.29, 0.717) is 13.1 Å². The van der Waals surface area contributed by atoms with Gasteiger partial charge in [0, 0.05) is 0 Å². The molecule has 127 valence electrons. The fourth-order valence-electron chi connectivity index (χ4n) is 2.43. The second-order valence-electron chi connectivity index (χ2n) is 4.99. The SMILES string of the molecule is [Br][Ni+][Br].c1ccc2[nH]c(C[N-]Cc3nc4ccccc4[nH]3)nc2c1. The first kappa shape index (κ1) is 17.6. The van der Waals surface area contributed by atoms with E-state index in [9.17, 15) is 0 Å². The molecule has 2 aromatic heterocycles. The first-order chi connectivity index (χ1) is 11.8. The van der Waals surface area contributed by atoms with Gasteiger partial charge in [-0.25, -0.2) is 9.97 Å². The summed E-state index contributed by atoms with van der Waals surface area (Å²) < 4.78 is 0. The molecular weight excluding hydrogens is 481 g/mol. The maximum atomic E-state index is 4.51. The van der Waals surface area contributed by atoms with Crippen molar-refractivity contribution in [2.75, 3.05) is 0 Å². The summed E-state index contributed by atoms with van der Waals surface area (Å²) >= 11 is 6.00. The summed E-state index contributed by atoms with van der Waals surface area (Å²) in [7, 11) is 1.25. The van der Waals surface area contributed by atoms with Crippen LogP contribution in [0.15, 0.2) is 48.5 Å². The third-order valence-electron chi connectivity index (χ3n) is 3.40. The van der Waals surface area contributed by atoms with Gasteiger partial charge in [-0.2, -0.15) is 0 Å². The van der Waals surface area contributed by atoms with Crippen molar-refractivity contribution >= 4 is 50.5 Å². The summed E-state index contributed by atoms with van der Waals surface area (Å²) in [6, 6.07) is 16.0. The molecule has 0 saturated carbocycles. The van der Waals surface area contributed by atoms with E-state index in [4.69, 9.17) is 0 Å². The normalized spacial score (nSPS) is 10.9. The van der Waals surface area contributed by atoms with E-state index in [1.54, 1.807) is 0 Å². The molecule has 0 atom stereocenters. The molecule has 0 aliphatic heterocycles. The molecular formula is C16H14Br2N5Ni. The Balaban J connectivity index is 0.000000526. The number of benzene rings is 2. The van der Waals surface area contributed by atoms with E-state index >= 15 is 0 Å². The molecule has 0 aliphatic rings. The van der Waals surface area contributed by atoms with Gasteiger partial charge in [0.15, 0.2) is 0 Å². The number of para-hydroxylation sites is 4. The molecule has 2 aromatic carbocycles. The molecule has 0 unspecified atom stereocenters. The van der Waals surface area contributed by atoms with Gasteiger partial charge in [-0.1, -0.05) is 37.4 Å². The van der Waals surface area contributed by atoms with Crippen LogP contribution in [0.1, 0.15) is 11.6 Å². The minimum Gasteiger partial charge on any atom is -0.650 e. The standard InChI is InChI=1S/C16H14N5.2BrH.Ni/c1-2-6-12-11(5-1)18-15(19-12)9-17-10-16-20-13-7-3-4-8-14(13)21-16;;;/h1-8H,9-10H2,(H,18,19)(H,20,21);2*1H;/q-1;;;+3/p-2. The Morgan fingerprint density at radius 2 is 1.21 bits per heavy atom. The van der Waals surface area contributed by atoms with Gasteiger partial charge in [-0.3, -0.25) is 0 Å². The summed E-state index contributed by atoms with van der Waals surface area (Å²) in [6.45, 7) is 1.12. The molecule has 5 nitrogen and oxygen atoms in total. The number of hydrogen-bond donors (Lipinski definition) is 2. The molecule has 0 radical (unpaired) electrons. The molecule has 4 rings (SSSR count). The number of rotatable bonds is 4. The van der Waals surface area contributed by atoms with Crippen LogP contribution in [0.2, 0.25) is 0 Å². The molecule has 0 spiro atoms. The largest absolute Gasteiger partial charge is 0.650 e. The summed E-state index contributed by atoms with van der Waals surface area (Å²) in [6.07, 6.45) is 0. The number of nitrogens with zero attached hydrogens (tertiary/aromatic N) is 3. The Hall–Kier alpha value is -1.21. The van der Waals surface area contributed by atoms with Gasteiger partial charge in [0.2, 0.25) is 0 Å². The van der Waals surface area contributed by atoms with Crippen LogP contribution in [0.5, 0.6) is 0 Å². The second kappa shape index (κ2) is 8.76. The minimum absolute atomic E-state index is 0.561. The zero-order chi connectivity index (χ0) is 16.8. The van der Waals surface area contributed by atoms with E-state index in [2.05, 4.69) is 53.7 Å². The van der Waals surface area contributed by atoms with Crippen molar-refractivity contribution in [2.45, 2.75) is 13.1 Å². The Morgan fingerprint density at radius 3 is 1.62 bits per heavy atom. The number of aromatic amines is 2. The van der Waals surface area contributed by atoms with Crippen molar-refractivity contribution in [3.8, 4) is 0 Å². The van der Waals surface area contributed by atoms with Crippen LogP contribution >= 0.6 is 28.5 Å². The van der Waals surface area contributed by atoms with Crippen LogP contribution < -0.4 is 0 Å². The van der Waals surface area contributed by atoms with Crippen LogP contribution in [-0.4, -0.2) is 19.9 Å². The molecule has 0 fully saturated rings. The van der Waals surface area contributed by atoms with E-state index in [1.807, 2.05) is 48.5 Å². The van der Waals surface area contributed by atoms with Gasteiger partial charge in [-0.05, 0) is 24.3 Å². The van der Waals surface area contributed by atoms with Crippen molar-refractivity contribution in [2.24, 2.45) is 0 Å². The van der Waals surface area contributed by atoms with Gasteiger partial charge in [0.05, 0.1) is 33.7 Å². The van der Waals surface area contributed by atoms with Gasteiger partial charge in [0.25, 0.3) is 0 Å². The maximum absolute atomic E-state index is 4.51. The van der Waals surface area contributed by atoms with Crippen molar-refractivity contribution in [3.63, 3.8) is 0 Å². The Bertz CT molecular complexity index is 781. The number of fused-ring (bicyclic) bond motifs is 2. The number of nitrogens with one attached hydrogen (secondary N) is 2. The number of imidazole rings is 2. The molecule has 0 saturated heterocycles. The maximum Gasteiger partial charge on any atom is 0.0885 e. The van der Waals surface area contributed by atoms with Crippen molar-refractivity contribution < 1.29 is 10.9 Å². The first-order valence-corrected chi connectivity index (χ1v) is 12.0. The van der Waals surface area contributed by atoms with Gasteiger partial charge >= 0.3 is 39.3 Å². The molecule has 8 heteroatoms. The number of hydrogen-bond acceptors (Lipinski definition) is 2. The smallest absolute Gasteiger partial charge is 0.0885 e. The Kier molecular flexibility index (Phi) is 6.43. The van der Waals surface area contributed by atoms with E-state index in [-0.39, 0.29) is 0 Å². The van der Waals surface area contributed by atoms with Crippen molar-refractivity contribution in [3.05, 3.63) is 65.5 Å². The van der Waals surface area contributed by atoms with Crippen molar-refractivity contribution in [1.29, 1.82) is 0 Å². The molecule has 24 heavy (non-hydrogen) atoms. The van der Waals surface area contributed by atoms with Crippen LogP contribution in [0.25, 0.3) is 27.4 Å². The fraction of sp³-hybridized carbons (Fsp3) is 0.125. The average molecular weight is 495 g/mol. The van der Waals surface area contributed by atoms with Crippen LogP contribution in [0, 0.1) is 0 Å². The third-order valence-corrected chi connectivity index (χ3v) is 3.40. The number of aromatic nitrogens is 4. The van der Waals surface area contributed by atoms with E-state index in [0.717, 1.165) is 33.7 Å². The first-order valence-electron chi connectivity index (χ1n) is 7.13. The Morgan fingerprint density at radius 1 is 0.792 bits per heavy atom. The molecule has 0 bridgehead atoms. The molecule has 0 amide bonds. The average Bonchev–Trinajstić information content (AvgIpc) is 3.18. The van der Waals surface area contributed by atoms with Crippen LogP contribution in [-0.2, 0) is 24.0 Å². The fourth-order valence-corrected chi connectivity index (χ4v) is 2.43. The molecule has 2 heterocycles. The number of halogens is 2. The number of H-pyrrole nitrogens is 2. The van der Waals surface area contributed by atoms with Crippen molar-refractivity contribution in [1.82, 2.24) is 19.9 Å². The minimum atomic E-state index is 0.561. The predicted octanol–water partition coefficient (Wildman–Crippen LogP) is 5.20.